The van der Waals surface area contributed by atoms with Gasteiger partial charge in [-0.3, -0.25) is 9.78 Å². The van der Waals surface area contributed by atoms with Gasteiger partial charge in [0, 0.05) is 13.1 Å². The zero-order chi connectivity index (χ0) is 15.1. The summed E-state index contributed by atoms with van der Waals surface area (Å²) >= 11 is 1.46. The minimum atomic E-state index is -0.107. The van der Waals surface area contributed by atoms with Gasteiger partial charge < -0.3 is 11.1 Å². The molecule has 0 aliphatic heterocycles. The molecular weight excluding hydrogens is 286 g/mol. The van der Waals surface area contributed by atoms with Crippen molar-refractivity contribution in [3.8, 4) is 10.7 Å². The van der Waals surface area contributed by atoms with E-state index in [1.807, 2.05) is 18.2 Å². The second-order valence-corrected chi connectivity index (χ2v) is 5.71. The Kier molecular flexibility index (Phi) is 5.77. The van der Waals surface area contributed by atoms with E-state index in [2.05, 4.69) is 20.5 Å². The summed E-state index contributed by atoms with van der Waals surface area (Å²) in [6.07, 6.45) is 4.42. The largest absolute Gasteiger partial charge is 0.347 e. The Balaban J connectivity index is 2.12. The van der Waals surface area contributed by atoms with Crippen LogP contribution in [0.15, 0.2) is 24.4 Å². The van der Waals surface area contributed by atoms with Gasteiger partial charge in [0.15, 0.2) is 5.01 Å². The Labute approximate surface area is 127 Å². The summed E-state index contributed by atoms with van der Waals surface area (Å²) in [6, 6.07) is 5.56. The van der Waals surface area contributed by atoms with E-state index in [1.165, 1.54) is 18.3 Å². The van der Waals surface area contributed by atoms with E-state index in [1.54, 1.807) is 6.20 Å². The van der Waals surface area contributed by atoms with Crippen molar-refractivity contribution in [3.63, 3.8) is 0 Å². The highest BCUT2D eigenvalue weighted by molar-refractivity contribution is 7.14. The highest BCUT2D eigenvalue weighted by Gasteiger charge is 2.18. The van der Waals surface area contributed by atoms with Crippen LogP contribution in [-0.2, 0) is 4.79 Å². The van der Waals surface area contributed by atoms with Crippen LogP contribution in [0, 0.1) is 0 Å². The van der Waals surface area contributed by atoms with Gasteiger partial charge in [-0.1, -0.05) is 17.4 Å². The predicted octanol–water partition coefficient (Wildman–Crippen LogP) is 1.91. The van der Waals surface area contributed by atoms with Crippen molar-refractivity contribution in [1.82, 2.24) is 20.5 Å². The van der Waals surface area contributed by atoms with E-state index in [-0.39, 0.29) is 11.9 Å². The van der Waals surface area contributed by atoms with Gasteiger partial charge in [-0.25, -0.2) is 0 Å². The standard InChI is InChI=1S/C14H19N5OS/c1-10(20)17-12(7-2-4-8-15)14-19-18-13(21-14)11-6-3-5-9-16-11/h3,5-6,9,12H,2,4,7-8,15H2,1H3,(H,17,20). The zero-order valence-electron chi connectivity index (χ0n) is 12.0. The smallest absolute Gasteiger partial charge is 0.217 e. The first-order valence-corrected chi connectivity index (χ1v) is 7.74. The second-order valence-electron chi connectivity index (χ2n) is 4.70. The summed E-state index contributed by atoms with van der Waals surface area (Å²) in [5.41, 5.74) is 6.31. The van der Waals surface area contributed by atoms with Crippen molar-refractivity contribution >= 4 is 17.2 Å². The number of carbonyl (C=O) groups excluding carboxylic acids is 1. The number of unbranched alkanes of at least 4 members (excludes halogenated alkanes) is 1. The molecule has 2 heterocycles. The average Bonchev–Trinajstić information content (AvgIpc) is 2.97. The number of pyridine rings is 1. The first-order chi connectivity index (χ1) is 10.2. The van der Waals surface area contributed by atoms with Crippen LogP contribution in [0.4, 0.5) is 0 Å². The lowest BCUT2D eigenvalue weighted by atomic mass is 10.1. The van der Waals surface area contributed by atoms with Gasteiger partial charge >= 0.3 is 0 Å². The molecule has 0 bridgehead atoms. The highest BCUT2D eigenvalue weighted by Crippen LogP contribution is 2.27. The van der Waals surface area contributed by atoms with Crippen molar-refractivity contribution in [1.29, 1.82) is 0 Å². The first kappa shape index (κ1) is 15.5. The van der Waals surface area contributed by atoms with Crippen LogP contribution in [-0.4, -0.2) is 27.6 Å². The molecular formula is C14H19N5OS. The molecule has 0 saturated heterocycles. The Hall–Kier alpha value is -1.86. The van der Waals surface area contributed by atoms with Crippen LogP contribution in [0.3, 0.4) is 0 Å². The Morgan fingerprint density at radius 3 is 2.90 bits per heavy atom. The summed E-state index contributed by atoms with van der Waals surface area (Å²) in [5, 5.41) is 12.9. The molecule has 112 valence electrons. The van der Waals surface area contributed by atoms with Gasteiger partial charge in [0.25, 0.3) is 0 Å². The minimum absolute atomic E-state index is 0.0673. The van der Waals surface area contributed by atoms with Crippen LogP contribution in [0.1, 0.15) is 37.2 Å². The highest BCUT2D eigenvalue weighted by atomic mass is 32.1. The number of hydrogen-bond acceptors (Lipinski definition) is 6. The summed E-state index contributed by atoms with van der Waals surface area (Å²) in [6.45, 7) is 2.17. The van der Waals surface area contributed by atoms with Crippen LogP contribution < -0.4 is 11.1 Å². The van der Waals surface area contributed by atoms with Crippen LogP contribution in [0.5, 0.6) is 0 Å². The normalized spacial score (nSPS) is 12.1. The van der Waals surface area contributed by atoms with Gasteiger partial charge in [-0.05, 0) is 37.9 Å². The molecule has 0 fully saturated rings. The Bertz CT molecular complexity index is 572. The number of nitrogens with one attached hydrogen (secondary N) is 1. The van der Waals surface area contributed by atoms with Crippen molar-refractivity contribution in [2.24, 2.45) is 5.73 Å². The maximum Gasteiger partial charge on any atom is 0.217 e. The molecule has 0 saturated carbocycles. The summed E-state index contributed by atoms with van der Waals surface area (Å²) in [7, 11) is 0. The molecule has 0 aromatic carbocycles. The number of carbonyl (C=O) groups is 1. The second kappa shape index (κ2) is 7.80. The lowest BCUT2D eigenvalue weighted by Crippen LogP contribution is -2.26. The predicted molar refractivity (Wildman–Crippen MR) is 82.6 cm³/mol. The summed E-state index contributed by atoms with van der Waals surface area (Å²) in [4.78, 5) is 15.6. The van der Waals surface area contributed by atoms with Gasteiger partial charge in [0.2, 0.25) is 5.91 Å². The Morgan fingerprint density at radius 1 is 1.38 bits per heavy atom. The fourth-order valence-corrected chi connectivity index (χ4v) is 2.87. The lowest BCUT2D eigenvalue weighted by Gasteiger charge is -2.14. The summed E-state index contributed by atoms with van der Waals surface area (Å²) in [5.74, 6) is -0.0673. The molecule has 7 heteroatoms. The van der Waals surface area contributed by atoms with Crippen molar-refractivity contribution in [2.45, 2.75) is 32.2 Å². The summed E-state index contributed by atoms with van der Waals surface area (Å²) < 4.78 is 0. The topological polar surface area (TPSA) is 93.8 Å². The molecule has 0 aliphatic rings. The fourth-order valence-electron chi connectivity index (χ4n) is 1.96. The van der Waals surface area contributed by atoms with Crippen molar-refractivity contribution in [2.75, 3.05) is 6.54 Å². The van der Waals surface area contributed by atoms with Crippen LogP contribution in [0.25, 0.3) is 10.7 Å². The van der Waals surface area contributed by atoms with Crippen molar-refractivity contribution in [3.05, 3.63) is 29.4 Å². The number of nitrogens with zero attached hydrogens (tertiary/aromatic N) is 3. The van der Waals surface area contributed by atoms with Gasteiger partial charge in [0.05, 0.1) is 6.04 Å². The number of rotatable bonds is 7. The van der Waals surface area contributed by atoms with Gasteiger partial charge in [-0.2, -0.15) is 0 Å². The van der Waals surface area contributed by atoms with E-state index in [4.69, 9.17) is 5.73 Å². The number of amides is 1. The zero-order valence-corrected chi connectivity index (χ0v) is 12.8. The van der Waals surface area contributed by atoms with E-state index < -0.39 is 0 Å². The van der Waals surface area contributed by atoms with Gasteiger partial charge in [-0.15, -0.1) is 10.2 Å². The third kappa shape index (κ3) is 4.57. The lowest BCUT2D eigenvalue weighted by molar-refractivity contribution is -0.119. The average molecular weight is 305 g/mol. The molecule has 0 aliphatic carbocycles. The molecule has 6 nitrogen and oxygen atoms in total. The van der Waals surface area contributed by atoms with Crippen LogP contribution in [0.2, 0.25) is 0 Å². The molecule has 21 heavy (non-hydrogen) atoms. The molecule has 1 atom stereocenters. The molecule has 0 radical (unpaired) electrons. The number of aromatic nitrogens is 3. The van der Waals surface area contributed by atoms with E-state index in [0.29, 0.717) is 6.54 Å². The Morgan fingerprint density at radius 2 is 2.24 bits per heavy atom. The third-order valence-corrected chi connectivity index (χ3v) is 4.01. The molecule has 1 unspecified atom stereocenters. The van der Waals surface area contributed by atoms with Gasteiger partial charge in [0.1, 0.15) is 10.7 Å². The molecule has 3 N–H and O–H groups in total. The molecule has 2 rings (SSSR count). The monoisotopic (exact) mass is 305 g/mol. The minimum Gasteiger partial charge on any atom is -0.347 e. The number of nitrogens with two attached hydrogens (primary N) is 1. The molecule has 0 spiro atoms. The molecule has 2 aromatic rings. The SMILES string of the molecule is CC(=O)NC(CCCCN)c1nnc(-c2ccccn2)s1. The number of hydrogen-bond donors (Lipinski definition) is 2. The first-order valence-electron chi connectivity index (χ1n) is 6.92. The fraction of sp³-hybridized carbons (Fsp3) is 0.429. The van der Waals surface area contributed by atoms with E-state index >= 15 is 0 Å². The molecule has 1 amide bonds. The maximum absolute atomic E-state index is 11.3. The quantitative estimate of drug-likeness (QED) is 0.762. The molecule has 2 aromatic heterocycles. The third-order valence-electron chi connectivity index (χ3n) is 2.95. The van der Waals surface area contributed by atoms with E-state index in [9.17, 15) is 4.79 Å². The van der Waals surface area contributed by atoms with E-state index in [0.717, 1.165) is 35.0 Å². The maximum atomic E-state index is 11.3. The van der Waals surface area contributed by atoms with Crippen LogP contribution >= 0.6 is 11.3 Å². The van der Waals surface area contributed by atoms with Crippen molar-refractivity contribution < 1.29 is 4.79 Å².